The first-order chi connectivity index (χ1) is 16.5. The molecular formula is C26H24ClN5O2. The van der Waals surface area contributed by atoms with E-state index in [-0.39, 0.29) is 5.91 Å². The molecule has 2 aromatic carbocycles. The number of nitrogens with zero attached hydrogens (tertiary/aromatic N) is 4. The Morgan fingerprint density at radius 3 is 2.32 bits per heavy atom. The Hall–Kier alpha value is -3.71. The summed E-state index contributed by atoms with van der Waals surface area (Å²) in [7, 11) is 0. The number of rotatable bonds is 6. The topological polar surface area (TPSA) is 81.9 Å². The van der Waals surface area contributed by atoms with Crippen molar-refractivity contribution in [3.8, 4) is 17.4 Å². The molecule has 4 aromatic rings. The average molecular weight is 474 g/mol. The van der Waals surface area contributed by atoms with Crippen molar-refractivity contribution < 1.29 is 9.53 Å². The van der Waals surface area contributed by atoms with Gasteiger partial charge >= 0.3 is 0 Å². The minimum Gasteiger partial charge on any atom is -0.438 e. The van der Waals surface area contributed by atoms with Gasteiger partial charge in [0.1, 0.15) is 5.75 Å². The highest BCUT2D eigenvalue weighted by Gasteiger charge is 2.42. The van der Waals surface area contributed by atoms with Gasteiger partial charge < -0.3 is 10.1 Å². The molecule has 0 aliphatic heterocycles. The number of ether oxygens (including phenoxy) is 1. The average Bonchev–Trinajstić information content (AvgIpc) is 3.52. The largest absolute Gasteiger partial charge is 0.438 e. The molecule has 1 amide bonds. The molecule has 1 N–H and O–H groups in total. The monoisotopic (exact) mass is 473 g/mol. The van der Waals surface area contributed by atoms with Crippen molar-refractivity contribution in [1.82, 2.24) is 20.0 Å². The highest BCUT2D eigenvalue weighted by atomic mass is 35.5. The van der Waals surface area contributed by atoms with Crippen LogP contribution >= 0.6 is 11.6 Å². The van der Waals surface area contributed by atoms with Crippen LogP contribution < -0.4 is 10.1 Å². The van der Waals surface area contributed by atoms with Crippen LogP contribution in [0.5, 0.6) is 11.6 Å². The van der Waals surface area contributed by atoms with Crippen molar-refractivity contribution in [2.24, 2.45) is 0 Å². The van der Waals surface area contributed by atoms with E-state index in [4.69, 9.17) is 16.3 Å². The van der Waals surface area contributed by atoms with Crippen molar-refractivity contribution in [2.75, 3.05) is 5.32 Å². The second-order valence-electron chi connectivity index (χ2n) is 8.51. The van der Waals surface area contributed by atoms with E-state index >= 15 is 0 Å². The molecule has 1 saturated carbocycles. The van der Waals surface area contributed by atoms with Crippen LogP contribution in [0, 0.1) is 6.92 Å². The van der Waals surface area contributed by atoms with Crippen LogP contribution in [0.15, 0.2) is 72.9 Å². The van der Waals surface area contributed by atoms with Gasteiger partial charge in [0.15, 0.2) is 5.82 Å². The highest BCUT2D eigenvalue weighted by molar-refractivity contribution is 6.30. The summed E-state index contributed by atoms with van der Waals surface area (Å²) in [5, 5.41) is 16.4. The Morgan fingerprint density at radius 2 is 1.71 bits per heavy atom. The van der Waals surface area contributed by atoms with Crippen molar-refractivity contribution in [3.63, 3.8) is 0 Å². The predicted molar refractivity (Wildman–Crippen MR) is 131 cm³/mol. The van der Waals surface area contributed by atoms with Gasteiger partial charge in [-0.1, -0.05) is 36.6 Å². The van der Waals surface area contributed by atoms with E-state index in [0.717, 1.165) is 36.9 Å². The molecule has 0 bridgehead atoms. The van der Waals surface area contributed by atoms with Crippen LogP contribution in [-0.2, 0) is 10.2 Å². The summed E-state index contributed by atoms with van der Waals surface area (Å²) >= 11 is 6.06. The van der Waals surface area contributed by atoms with Gasteiger partial charge in [0.05, 0.1) is 11.1 Å². The molecule has 172 valence electrons. The van der Waals surface area contributed by atoms with Crippen LogP contribution in [0.2, 0.25) is 5.02 Å². The van der Waals surface area contributed by atoms with Crippen molar-refractivity contribution >= 4 is 23.2 Å². The van der Waals surface area contributed by atoms with E-state index in [9.17, 15) is 4.79 Å². The van der Waals surface area contributed by atoms with Crippen molar-refractivity contribution in [2.45, 2.75) is 38.0 Å². The van der Waals surface area contributed by atoms with E-state index in [1.54, 1.807) is 28.9 Å². The number of carbonyl (C=O) groups excluding carboxylic acids is 1. The first-order valence-corrected chi connectivity index (χ1v) is 11.6. The summed E-state index contributed by atoms with van der Waals surface area (Å²) in [6.07, 6.45) is 5.55. The molecule has 7 nitrogen and oxygen atoms in total. The third-order valence-electron chi connectivity index (χ3n) is 6.21. The fraction of sp³-hybridized carbons (Fsp3) is 0.231. The maximum Gasteiger partial charge on any atom is 0.238 e. The Labute approximate surface area is 202 Å². The Balaban J connectivity index is 1.26. The normalized spacial score (nSPS) is 14.6. The molecule has 5 rings (SSSR count). The van der Waals surface area contributed by atoms with Crippen LogP contribution in [-0.4, -0.2) is 25.9 Å². The third kappa shape index (κ3) is 4.52. The standard InChI is InChI=1S/C26H24ClN5O2/c1-18-14-17-32(31-18)23-12-13-24(30-29-23)34-22-10-8-21(9-11-22)28-25(33)26(15-2-3-16-26)19-4-6-20(27)7-5-19/h4-14,17H,2-3,15-16H2,1H3,(H,28,33). The van der Waals surface area contributed by atoms with Crippen LogP contribution in [0.25, 0.3) is 5.82 Å². The van der Waals surface area contributed by atoms with Gasteiger partial charge in [0, 0.05) is 23.0 Å². The minimum atomic E-state index is -0.524. The van der Waals surface area contributed by atoms with Crippen molar-refractivity contribution in [3.05, 3.63) is 89.2 Å². The summed E-state index contributed by atoms with van der Waals surface area (Å²) in [5.41, 5.74) is 2.11. The molecule has 2 aromatic heterocycles. The molecule has 0 radical (unpaired) electrons. The molecule has 0 unspecified atom stereocenters. The van der Waals surface area contributed by atoms with E-state index in [1.807, 2.05) is 55.6 Å². The summed E-state index contributed by atoms with van der Waals surface area (Å²) < 4.78 is 7.46. The van der Waals surface area contributed by atoms with Gasteiger partial charge in [-0.3, -0.25) is 4.79 Å². The molecule has 0 saturated heterocycles. The number of anilines is 1. The zero-order chi connectivity index (χ0) is 23.5. The van der Waals surface area contributed by atoms with E-state index in [1.165, 1.54) is 0 Å². The van der Waals surface area contributed by atoms with Gasteiger partial charge in [-0.2, -0.15) is 5.10 Å². The minimum absolute atomic E-state index is 0.0105. The quantitative estimate of drug-likeness (QED) is 0.379. The molecule has 0 atom stereocenters. The number of hydrogen-bond acceptors (Lipinski definition) is 5. The molecular weight excluding hydrogens is 450 g/mol. The summed E-state index contributed by atoms with van der Waals surface area (Å²) in [4.78, 5) is 13.3. The summed E-state index contributed by atoms with van der Waals surface area (Å²) in [6, 6.07) is 20.3. The first kappa shape index (κ1) is 22.1. The third-order valence-corrected chi connectivity index (χ3v) is 6.46. The number of benzene rings is 2. The maximum atomic E-state index is 13.3. The predicted octanol–water partition coefficient (Wildman–Crippen LogP) is 5.87. The van der Waals surface area contributed by atoms with Crippen LogP contribution in [0.1, 0.15) is 36.9 Å². The first-order valence-electron chi connectivity index (χ1n) is 11.2. The lowest BCUT2D eigenvalue weighted by Gasteiger charge is -2.28. The lowest BCUT2D eigenvalue weighted by Crippen LogP contribution is -2.37. The lowest BCUT2D eigenvalue weighted by atomic mass is 9.78. The lowest BCUT2D eigenvalue weighted by molar-refractivity contribution is -0.121. The number of hydrogen-bond donors (Lipinski definition) is 1. The zero-order valence-corrected chi connectivity index (χ0v) is 19.5. The number of aryl methyl sites for hydroxylation is 1. The van der Waals surface area contributed by atoms with E-state index < -0.39 is 5.41 Å². The fourth-order valence-corrected chi connectivity index (χ4v) is 4.53. The van der Waals surface area contributed by atoms with Crippen molar-refractivity contribution in [1.29, 1.82) is 0 Å². The fourth-order valence-electron chi connectivity index (χ4n) is 4.40. The van der Waals surface area contributed by atoms with Gasteiger partial charge in [0.2, 0.25) is 11.8 Å². The van der Waals surface area contributed by atoms with E-state index in [0.29, 0.717) is 28.2 Å². The highest BCUT2D eigenvalue weighted by Crippen LogP contribution is 2.42. The second kappa shape index (κ2) is 9.27. The smallest absolute Gasteiger partial charge is 0.238 e. The van der Waals surface area contributed by atoms with Gasteiger partial charge in [0.25, 0.3) is 0 Å². The van der Waals surface area contributed by atoms with Crippen LogP contribution in [0.4, 0.5) is 5.69 Å². The summed E-state index contributed by atoms with van der Waals surface area (Å²) in [6.45, 7) is 1.92. The number of nitrogens with one attached hydrogen (secondary N) is 1. The molecule has 1 fully saturated rings. The molecule has 1 aliphatic carbocycles. The number of carbonyl (C=O) groups is 1. The number of halogens is 1. The Morgan fingerprint density at radius 1 is 0.971 bits per heavy atom. The van der Waals surface area contributed by atoms with E-state index in [2.05, 4.69) is 20.6 Å². The Kier molecular flexibility index (Phi) is 6.02. The molecule has 1 aliphatic rings. The maximum absolute atomic E-state index is 13.3. The van der Waals surface area contributed by atoms with Gasteiger partial charge in [-0.15, -0.1) is 10.2 Å². The van der Waals surface area contributed by atoms with Crippen LogP contribution in [0.3, 0.4) is 0 Å². The summed E-state index contributed by atoms with van der Waals surface area (Å²) in [5.74, 6) is 1.59. The van der Waals surface area contributed by atoms with Gasteiger partial charge in [-0.25, -0.2) is 4.68 Å². The Bertz CT molecular complexity index is 1280. The number of aromatic nitrogens is 4. The zero-order valence-electron chi connectivity index (χ0n) is 18.7. The SMILES string of the molecule is Cc1ccn(-c2ccc(Oc3ccc(NC(=O)C4(c5ccc(Cl)cc5)CCCC4)cc3)nn2)n1. The second-order valence-corrected chi connectivity index (χ2v) is 8.94. The molecule has 8 heteroatoms. The van der Waals surface area contributed by atoms with Gasteiger partial charge in [-0.05, 0) is 73.9 Å². The molecule has 2 heterocycles. The molecule has 0 spiro atoms. The molecule has 34 heavy (non-hydrogen) atoms. The number of amides is 1.